The Hall–Kier alpha value is -2.60. The highest BCUT2D eigenvalue weighted by atomic mass is 127. The Morgan fingerprint density at radius 1 is 0.838 bits per heavy atom. The third-order valence-corrected chi connectivity index (χ3v) is 9.69. The van der Waals surface area contributed by atoms with E-state index < -0.39 is 22.0 Å². The molecule has 0 saturated carbocycles. The highest BCUT2D eigenvalue weighted by Crippen LogP contribution is 2.34. The maximum Gasteiger partial charge on any atom is 0.252 e. The van der Waals surface area contributed by atoms with Crippen molar-refractivity contribution >= 4 is 50.1 Å². The molecule has 1 atom stereocenters. The van der Waals surface area contributed by atoms with Gasteiger partial charge in [0.1, 0.15) is 6.04 Å². The highest BCUT2D eigenvalue weighted by Gasteiger charge is 2.49. The van der Waals surface area contributed by atoms with E-state index in [9.17, 15) is 18.0 Å². The largest absolute Gasteiger partial charge is 0.299 e. The van der Waals surface area contributed by atoms with Crippen molar-refractivity contribution < 1.29 is 18.0 Å². The Morgan fingerprint density at radius 2 is 1.43 bits per heavy atom. The van der Waals surface area contributed by atoms with E-state index in [-0.39, 0.29) is 23.3 Å². The second-order valence-electron chi connectivity index (χ2n) is 9.40. The van der Waals surface area contributed by atoms with Gasteiger partial charge in [-0.05, 0) is 77.4 Å². The number of imide groups is 1. The van der Waals surface area contributed by atoms with Gasteiger partial charge in [-0.3, -0.25) is 14.5 Å². The quantitative estimate of drug-likeness (QED) is 0.288. The van der Waals surface area contributed by atoms with Crippen LogP contribution in [-0.4, -0.2) is 54.6 Å². The van der Waals surface area contributed by atoms with Crippen LogP contribution in [0.3, 0.4) is 0 Å². The van der Waals surface area contributed by atoms with E-state index >= 15 is 0 Å². The van der Waals surface area contributed by atoms with Gasteiger partial charge in [0.05, 0.1) is 17.0 Å². The molecule has 2 aliphatic rings. The molecule has 2 saturated heterocycles. The van der Waals surface area contributed by atoms with E-state index in [1.54, 1.807) is 42.5 Å². The van der Waals surface area contributed by atoms with Crippen LogP contribution in [0.1, 0.15) is 24.8 Å². The zero-order valence-electron chi connectivity index (χ0n) is 20.2. The number of anilines is 1. The lowest BCUT2D eigenvalue weighted by Crippen LogP contribution is -2.53. The van der Waals surface area contributed by atoms with Crippen molar-refractivity contribution in [3.8, 4) is 0 Å². The van der Waals surface area contributed by atoms with Gasteiger partial charge in [0.2, 0.25) is 15.9 Å². The zero-order chi connectivity index (χ0) is 26.0. The number of halogens is 1. The van der Waals surface area contributed by atoms with Crippen molar-refractivity contribution in [2.24, 2.45) is 0 Å². The topological polar surface area (TPSA) is 78.0 Å². The first-order valence-corrected chi connectivity index (χ1v) is 14.8. The van der Waals surface area contributed by atoms with Crippen LogP contribution in [0.2, 0.25) is 0 Å². The molecule has 5 rings (SSSR count). The van der Waals surface area contributed by atoms with Gasteiger partial charge >= 0.3 is 0 Å². The Labute approximate surface area is 231 Å². The lowest BCUT2D eigenvalue weighted by molar-refractivity contribution is -0.122. The molecule has 37 heavy (non-hydrogen) atoms. The van der Waals surface area contributed by atoms with E-state index in [2.05, 4.69) is 39.6 Å². The zero-order valence-corrected chi connectivity index (χ0v) is 23.2. The third-order valence-electron chi connectivity index (χ3n) is 7.00. The van der Waals surface area contributed by atoms with E-state index in [4.69, 9.17) is 0 Å². The fraction of sp³-hybridized carbons (Fsp3) is 0.286. The second kappa shape index (κ2) is 11.0. The Balaban J connectivity index is 1.42. The smallest absolute Gasteiger partial charge is 0.252 e. The Kier molecular flexibility index (Phi) is 7.75. The van der Waals surface area contributed by atoms with Crippen LogP contribution < -0.4 is 4.90 Å². The van der Waals surface area contributed by atoms with Crippen LogP contribution in [0.5, 0.6) is 0 Å². The predicted molar refractivity (Wildman–Crippen MR) is 150 cm³/mol. The van der Waals surface area contributed by atoms with Crippen LogP contribution in [-0.2, 0) is 26.2 Å². The SMILES string of the molecule is O=C1CC(N(C2CCN(Cc3ccccc3)CC2)S(=O)(=O)c2ccccc2)C(=O)N1c1ccc(I)cc1. The second-order valence-corrected chi connectivity index (χ2v) is 12.5. The van der Waals surface area contributed by atoms with Crippen LogP contribution in [0.25, 0.3) is 0 Å². The molecule has 3 aromatic carbocycles. The van der Waals surface area contributed by atoms with E-state index in [0.29, 0.717) is 31.6 Å². The number of piperidine rings is 1. The number of rotatable bonds is 7. The number of carbonyl (C=O) groups excluding carboxylic acids is 2. The first kappa shape index (κ1) is 26.0. The fourth-order valence-corrected chi connectivity index (χ4v) is 7.39. The van der Waals surface area contributed by atoms with Gasteiger partial charge in [-0.25, -0.2) is 13.3 Å². The standard InChI is InChI=1S/C28H28IN3O4S/c29-22-11-13-23(14-12-22)31-27(33)19-26(28(31)34)32(37(35,36)25-9-5-2-6-10-25)24-15-17-30(18-16-24)20-21-7-3-1-4-8-21/h1-14,24,26H,15-20H2. The van der Waals surface area contributed by atoms with Crippen LogP contribution in [0, 0.1) is 3.57 Å². The summed E-state index contributed by atoms with van der Waals surface area (Å²) in [5.41, 5.74) is 1.67. The summed E-state index contributed by atoms with van der Waals surface area (Å²) in [4.78, 5) is 30.3. The summed E-state index contributed by atoms with van der Waals surface area (Å²) in [5.74, 6) is -0.872. The third kappa shape index (κ3) is 5.50. The van der Waals surface area contributed by atoms with Gasteiger partial charge in [-0.15, -0.1) is 0 Å². The van der Waals surface area contributed by atoms with Crippen molar-refractivity contribution in [1.82, 2.24) is 9.21 Å². The van der Waals surface area contributed by atoms with E-state index in [1.807, 2.05) is 30.3 Å². The molecule has 3 aromatic rings. The van der Waals surface area contributed by atoms with Crippen LogP contribution in [0.15, 0.2) is 89.8 Å². The number of hydrogen-bond donors (Lipinski definition) is 0. The van der Waals surface area contributed by atoms with Crippen LogP contribution >= 0.6 is 22.6 Å². The average molecular weight is 630 g/mol. The monoisotopic (exact) mass is 629 g/mol. The number of amides is 2. The summed E-state index contributed by atoms with van der Waals surface area (Å²) in [7, 11) is -4.02. The summed E-state index contributed by atoms with van der Waals surface area (Å²) in [5, 5.41) is 0. The molecule has 0 radical (unpaired) electrons. The van der Waals surface area contributed by atoms with Gasteiger partial charge < -0.3 is 0 Å². The number of sulfonamides is 1. The maximum atomic E-state index is 14.0. The fourth-order valence-electron chi connectivity index (χ4n) is 5.18. The summed E-state index contributed by atoms with van der Waals surface area (Å²) in [6.45, 7) is 2.20. The lowest BCUT2D eigenvalue weighted by atomic mass is 10.0. The minimum atomic E-state index is -4.02. The number of likely N-dealkylation sites (tertiary alicyclic amines) is 1. The maximum absolute atomic E-state index is 14.0. The number of benzene rings is 3. The first-order valence-electron chi connectivity index (χ1n) is 12.3. The van der Waals surface area contributed by atoms with E-state index in [1.165, 1.54) is 9.87 Å². The Morgan fingerprint density at radius 3 is 2.05 bits per heavy atom. The molecule has 1 unspecified atom stereocenters. The number of carbonyl (C=O) groups is 2. The highest BCUT2D eigenvalue weighted by molar-refractivity contribution is 14.1. The summed E-state index contributed by atoms with van der Waals surface area (Å²) in [6.07, 6.45) is 1.00. The molecule has 2 aliphatic heterocycles. The molecule has 0 bridgehead atoms. The minimum Gasteiger partial charge on any atom is -0.299 e. The molecule has 9 heteroatoms. The Bertz CT molecular complexity index is 1360. The molecular formula is C28H28IN3O4S. The number of hydrogen-bond acceptors (Lipinski definition) is 5. The van der Waals surface area contributed by atoms with Crippen molar-refractivity contribution in [3.63, 3.8) is 0 Å². The number of nitrogens with zero attached hydrogens (tertiary/aromatic N) is 3. The van der Waals surface area contributed by atoms with E-state index in [0.717, 1.165) is 15.0 Å². The first-order chi connectivity index (χ1) is 17.8. The van der Waals surface area contributed by atoms with Crippen molar-refractivity contribution in [2.45, 2.75) is 42.8 Å². The lowest BCUT2D eigenvalue weighted by Gasteiger charge is -2.39. The molecule has 2 heterocycles. The molecule has 7 nitrogen and oxygen atoms in total. The van der Waals surface area contributed by atoms with Crippen LogP contribution in [0.4, 0.5) is 5.69 Å². The predicted octanol–water partition coefficient (Wildman–Crippen LogP) is 4.28. The molecule has 0 spiro atoms. The molecule has 192 valence electrons. The molecular weight excluding hydrogens is 601 g/mol. The van der Waals surface area contributed by atoms with Crippen molar-refractivity contribution in [3.05, 3.63) is 94.1 Å². The van der Waals surface area contributed by atoms with Gasteiger partial charge in [0.25, 0.3) is 5.91 Å². The van der Waals surface area contributed by atoms with Gasteiger partial charge in [-0.2, -0.15) is 4.31 Å². The molecule has 0 N–H and O–H groups in total. The minimum absolute atomic E-state index is 0.134. The van der Waals surface area contributed by atoms with Gasteiger partial charge in [-0.1, -0.05) is 48.5 Å². The van der Waals surface area contributed by atoms with Crippen molar-refractivity contribution in [1.29, 1.82) is 0 Å². The molecule has 0 aliphatic carbocycles. The summed E-state index contributed by atoms with van der Waals surface area (Å²) >= 11 is 2.16. The summed E-state index contributed by atoms with van der Waals surface area (Å²) in [6, 6.07) is 24.0. The molecule has 2 amide bonds. The van der Waals surface area contributed by atoms with Gasteiger partial charge in [0.15, 0.2) is 0 Å². The normalized spacial score (nSPS) is 19.6. The average Bonchev–Trinajstić information content (AvgIpc) is 3.20. The summed E-state index contributed by atoms with van der Waals surface area (Å²) < 4.78 is 30.2. The van der Waals surface area contributed by atoms with Crippen molar-refractivity contribution in [2.75, 3.05) is 18.0 Å². The molecule has 2 fully saturated rings. The molecule has 0 aromatic heterocycles. The van der Waals surface area contributed by atoms with Gasteiger partial charge in [0, 0.05) is 29.2 Å².